The molecule has 5 heterocycles. The number of nitrogens with zero attached hydrogens (tertiary/aromatic N) is 4. The standard InChI is InChI=1S/C38H28N4O.Pt/c1-21-22(2)41-32-12-7-6-9-26(32)25-15-13-23(19-30(25)36(41)40-21)43-24-14-16-27-28-10-8-11-29-34-31(38(3,4)5)17-18-39-37(34)42(35(28)29)33(27)20-24;/h6-18H,1-5H3;/q-2;+2. The van der Waals surface area contributed by atoms with Crippen LogP contribution < -0.4 is 4.74 Å². The van der Waals surface area contributed by atoms with Crippen molar-refractivity contribution in [2.45, 2.75) is 40.0 Å². The molecule has 9 rings (SSSR count). The van der Waals surface area contributed by atoms with Crippen LogP contribution in [0, 0.1) is 26.0 Å². The van der Waals surface area contributed by atoms with E-state index >= 15 is 0 Å². The molecule has 5 aromatic heterocycles. The fourth-order valence-corrected chi connectivity index (χ4v) is 6.98. The number of para-hydroxylation sites is 2. The van der Waals surface area contributed by atoms with E-state index in [4.69, 9.17) is 14.7 Å². The van der Waals surface area contributed by atoms with Crippen molar-refractivity contribution in [1.29, 1.82) is 0 Å². The molecule has 5 nitrogen and oxygen atoms in total. The number of pyridine rings is 2. The predicted molar refractivity (Wildman–Crippen MR) is 175 cm³/mol. The molecule has 0 unspecified atom stereocenters. The quantitative estimate of drug-likeness (QED) is 0.131. The summed E-state index contributed by atoms with van der Waals surface area (Å²) in [6.07, 6.45) is 1.93. The molecule has 6 heteroatoms. The number of benzene rings is 4. The monoisotopic (exact) mass is 751 g/mol. The fourth-order valence-electron chi connectivity index (χ4n) is 6.98. The second kappa shape index (κ2) is 9.27. The fraction of sp³-hybridized carbons (Fsp3) is 0.158. The Balaban J connectivity index is 0.00000289. The van der Waals surface area contributed by atoms with Crippen LogP contribution in [0.1, 0.15) is 37.7 Å². The minimum Gasteiger partial charge on any atom is -0.503 e. The number of aromatic nitrogens is 4. The third kappa shape index (κ3) is 3.56. The van der Waals surface area contributed by atoms with Crippen LogP contribution in [-0.2, 0) is 26.5 Å². The molecule has 0 saturated heterocycles. The van der Waals surface area contributed by atoms with E-state index in [9.17, 15) is 0 Å². The molecule has 0 aliphatic carbocycles. The zero-order valence-corrected chi connectivity index (χ0v) is 27.3. The predicted octanol–water partition coefficient (Wildman–Crippen LogP) is 9.49. The van der Waals surface area contributed by atoms with Crippen LogP contribution in [0.5, 0.6) is 11.5 Å². The van der Waals surface area contributed by atoms with Gasteiger partial charge in [-0.2, -0.15) is 6.07 Å². The topological polar surface area (TPSA) is 43.8 Å². The van der Waals surface area contributed by atoms with Crippen molar-refractivity contribution >= 4 is 65.5 Å². The van der Waals surface area contributed by atoms with E-state index in [0.717, 1.165) is 49.9 Å². The van der Waals surface area contributed by atoms with Gasteiger partial charge in [-0.3, -0.25) is 4.98 Å². The first-order valence-electron chi connectivity index (χ1n) is 14.7. The Kier molecular flexibility index (Phi) is 5.71. The second-order valence-corrected chi connectivity index (χ2v) is 12.6. The second-order valence-electron chi connectivity index (χ2n) is 12.6. The van der Waals surface area contributed by atoms with Gasteiger partial charge in [0.25, 0.3) is 0 Å². The maximum Gasteiger partial charge on any atom is 2.00 e. The molecular weight excluding hydrogens is 724 g/mol. The summed E-state index contributed by atoms with van der Waals surface area (Å²) in [7, 11) is 0. The molecule has 9 aromatic rings. The van der Waals surface area contributed by atoms with Gasteiger partial charge in [-0.15, -0.1) is 29.7 Å². The van der Waals surface area contributed by atoms with Gasteiger partial charge in [0.05, 0.1) is 5.65 Å². The average molecular weight is 752 g/mol. The summed E-state index contributed by atoms with van der Waals surface area (Å²) in [5.41, 5.74) is 8.57. The molecule has 0 spiro atoms. The van der Waals surface area contributed by atoms with Gasteiger partial charge in [-0.1, -0.05) is 79.5 Å². The van der Waals surface area contributed by atoms with E-state index in [1.54, 1.807) is 0 Å². The molecule has 4 aromatic carbocycles. The van der Waals surface area contributed by atoms with Crippen molar-refractivity contribution < 1.29 is 25.8 Å². The first kappa shape index (κ1) is 27.1. The summed E-state index contributed by atoms with van der Waals surface area (Å²) < 4.78 is 11.0. The SMILES string of the molecule is Cc1nc2c3[c-]c(Oc4[c-]c5c(cc4)c4cccc6c7c(C(C)(C)C)ccnc7n5c46)ccc3c3ccccc3n2c1C.[Pt+2]. The van der Waals surface area contributed by atoms with Gasteiger partial charge in [-0.05, 0) is 47.7 Å². The summed E-state index contributed by atoms with van der Waals surface area (Å²) in [6, 6.07) is 32.6. The first-order chi connectivity index (χ1) is 20.8. The summed E-state index contributed by atoms with van der Waals surface area (Å²) in [5, 5.41) is 7.99. The summed E-state index contributed by atoms with van der Waals surface area (Å²) in [5.74, 6) is 1.27. The van der Waals surface area contributed by atoms with Gasteiger partial charge < -0.3 is 13.5 Å². The smallest absolute Gasteiger partial charge is 0.503 e. The molecule has 0 radical (unpaired) electrons. The molecule has 216 valence electrons. The minimum atomic E-state index is -0.0123. The van der Waals surface area contributed by atoms with Crippen LogP contribution in [0.15, 0.2) is 79.0 Å². The molecular formula is C38H28N4OPt. The maximum absolute atomic E-state index is 6.49. The van der Waals surface area contributed by atoms with Crippen molar-refractivity contribution in [3.8, 4) is 11.5 Å². The van der Waals surface area contributed by atoms with Crippen LogP contribution in [0.25, 0.3) is 65.5 Å². The van der Waals surface area contributed by atoms with E-state index in [-0.39, 0.29) is 26.5 Å². The third-order valence-electron chi connectivity index (χ3n) is 9.03. The first-order valence-corrected chi connectivity index (χ1v) is 14.7. The van der Waals surface area contributed by atoms with Crippen LogP contribution in [0.4, 0.5) is 0 Å². The van der Waals surface area contributed by atoms with Crippen LogP contribution in [0.3, 0.4) is 0 Å². The summed E-state index contributed by atoms with van der Waals surface area (Å²) >= 11 is 0. The number of hydrogen-bond donors (Lipinski definition) is 0. The number of rotatable bonds is 2. The zero-order chi connectivity index (χ0) is 29.2. The average Bonchev–Trinajstić information content (AvgIpc) is 3.63. The van der Waals surface area contributed by atoms with Gasteiger partial charge in [0, 0.05) is 50.9 Å². The number of imidazole rings is 1. The molecule has 0 fully saturated rings. The van der Waals surface area contributed by atoms with Crippen molar-refractivity contribution in [3.05, 3.63) is 108 Å². The Morgan fingerprint density at radius 2 is 1.43 bits per heavy atom. The zero-order valence-electron chi connectivity index (χ0n) is 25.0. The minimum absolute atomic E-state index is 0. The van der Waals surface area contributed by atoms with Crippen LogP contribution in [0.2, 0.25) is 0 Å². The number of hydrogen-bond acceptors (Lipinski definition) is 3. The van der Waals surface area contributed by atoms with Gasteiger partial charge in [-0.25, -0.2) is 4.98 Å². The van der Waals surface area contributed by atoms with Crippen molar-refractivity contribution in [2.24, 2.45) is 0 Å². The Hall–Kier alpha value is -4.47. The Labute approximate surface area is 268 Å². The number of fused-ring (bicyclic) bond motifs is 12. The molecule has 0 atom stereocenters. The number of ether oxygens (including phenoxy) is 1. The van der Waals surface area contributed by atoms with Crippen molar-refractivity contribution in [3.63, 3.8) is 0 Å². The molecule has 44 heavy (non-hydrogen) atoms. The van der Waals surface area contributed by atoms with Crippen LogP contribution >= 0.6 is 0 Å². The van der Waals surface area contributed by atoms with E-state index in [2.05, 4.69) is 116 Å². The van der Waals surface area contributed by atoms with Crippen molar-refractivity contribution in [2.75, 3.05) is 0 Å². The van der Waals surface area contributed by atoms with Gasteiger partial charge in [0.2, 0.25) is 0 Å². The molecule has 0 aliphatic rings. The Bertz CT molecular complexity index is 2600. The maximum atomic E-state index is 6.49. The summed E-state index contributed by atoms with van der Waals surface area (Å²) in [4.78, 5) is 9.83. The molecule has 0 saturated carbocycles. The normalized spacial score (nSPS) is 12.5. The van der Waals surface area contributed by atoms with E-state index in [1.807, 2.05) is 18.3 Å². The van der Waals surface area contributed by atoms with Gasteiger partial charge in [0.15, 0.2) is 0 Å². The molecule has 0 amide bonds. The Morgan fingerprint density at radius 3 is 2.25 bits per heavy atom. The molecule has 0 aliphatic heterocycles. The molecule has 0 bridgehead atoms. The number of aryl methyl sites for hydroxylation is 2. The van der Waals surface area contributed by atoms with Gasteiger partial charge in [0.1, 0.15) is 5.65 Å². The van der Waals surface area contributed by atoms with E-state index < -0.39 is 0 Å². The van der Waals surface area contributed by atoms with Crippen molar-refractivity contribution in [1.82, 2.24) is 18.8 Å². The van der Waals surface area contributed by atoms with Gasteiger partial charge >= 0.3 is 21.1 Å². The van der Waals surface area contributed by atoms with E-state index in [0.29, 0.717) is 11.5 Å². The van der Waals surface area contributed by atoms with E-state index in [1.165, 1.54) is 32.6 Å². The summed E-state index contributed by atoms with van der Waals surface area (Å²) in [6.45, 7) is 11.0. The largest absolute Gasteiger partial charge is 2.00 e. The third-order valence-corrected chi connectivity index (χ3v) is 9.03. The van der Waals surface area contributed by atoms with Crippen LogP contribution in [-0.4, -0.2) is 18.8 Å². The molecule has 0 N–H and O–H groups in total. The Morgan fingerprint density at radius 1 is 0.705 bits per heavy atom.